The van der Waals surface area contributed by atoms with Crippen LogP contribution in [0.15, 0.2) is 24.3 Å². The molecule has 0 bridgehead atoms. The lowest BCUT2D eigenvalue weighted by atomic mass is 10.1. The van der Waals surface area contributed by atoms with Crippen LogP contribution in [0.4, 0.5) is 5.69 Å². The second-order valence-electron chi connectivity index (χ2n) is 4.34. The Kier molecular flexibility index (Phi) is 3.25. The van der Waals surface area contributed by atoms with Gasteiger partial charge in [0.25, 0.3) is 0 Å². The molecule has 0 aliphatic carbocycles. The van der Waals surface area contributed by atoms with Crippen LogP contribution in [-0.2, 0) is 11.2 Å². The van der Waals surface area contributed by atoms with Gasteiger partial charge in [0.2, 0.25) is 5.91 Å². The molecule has 1 aliphatic rings. The Morgan fingerprint density at radius 3 is 3.00 bits per heavy atom. The third kappa shape index (κ3) is 1.95. The van der Waals surface area contributed by atoms with Gasteiger partial charge in [-0.1, -0.05) is 18.2 Å². The predicted molar refractivity (Wildman–Crippen MR) is 65.4 cm³/mol. The fourth-order valence-electron chi connectivity index (χ4n) is 2.32. The summed E-state index contributed by atoms with van der Waals surface area (Å²) in [4.78, 5) is 14.0. The SMILES string of the molecule is CC1Cc2ccccc2N1C(=O)CCCN. The van der Waals surface area contributed by atoms with Gasteiger partial charge in [0, 0.05) is 18.2 Å². The number of benzene rings is 1. The molecule has 2 rings (SSSR count). The van der Waals surface area contributed by atoms with Crippen LogP contribution < -0.4 is 10.6 Å². The highest BCUT2D eigenvalue weighted by Crippen LogP contribution is 2.32. The topological polar surface area (TPSA) is 46.3 Å². The number of fused-ring (bicyclic) bond motifs is 1. The Labute approximate surface area is 96.2 Å². The van der Waals surface area contributed by atoms with Crippen LogP contribution in [0.1, 0.15) is 25.3 Å². The lowest BCUT2D eigenvalue weighted by Gasteiger charge is -2.22. The van der Waals surface area contributed by atoms with Gasteiger partial charge in [0.15, 0.2) is 0 Å². The van der Waals surface area contributed by atoms with Crippen molar-refractivity contribution in [3.8, 4) is 0 Å². The minimum absolute atomic E-state index is 0.197. The fraction of sp³-hybridized carbons (Fsp3) is 0.462. The maximum atomic E-state index is 12.0. The number of carbonyl (C=O) groups is 1. The molecule has 2 N–H and O–H groups in total. The summed E-state index contributed by atoms with van der Waals surface area (Å²) >= 11 is 0. The highest BCUT2D eigenvalue weighted by Gasteiger charge is 2.29. The van der Waals surface area contributed by atoms with Crippen molar-refractivity contribution in [2.24, 2.45) is 5.73 Å². The van der Waals surface area contributed by atoms with Crippen molar-refractivity contribution in [3.63, 3.8) is 0 Å². The van der Waals surface area contributed by atoms with Crippen molar-refractivity contribution in [2.45, 2.75) is 32.2 Å². The van der Waals surface area contributed by atoms with Gasteiger partial charge in [-0.2, -0.15) is 0 Å². The Balaban J connectivity index is 2.18. The van der Waals surface area contributed by atoms with Crippen LogP contribution >= 0.6 is 0 Å². The minimum Gasteiger partial charge on any atom is -0.330 e. The molecule has 1 heterocycles. The number of hydrogen-bond donors (Lipinski definition) is 1. The Morgan fingerprint density at radius 2 is 2.25 bits per heavy atom. The van der Waals surface area contributed by atoms with Gasteiger partial charge in [-0.15, -0.1) is 0 Å². The van der Waals surface area contributed by atoms with E-state index in [1.165, 1.54) is 5.56 Å². The van der Waals surface area contributed by atoms with Crippen molar-refractivity contribution >= 4 is 11.6 Å². The molecular formula is C13H18N2O. The van der Waals surface area contributed by atoms with Crippen LogP contribution in [0, 0.1) is 0 Å². The average molecular weight is 218 g/mol. The van der Waals surface area contributed by atoms with Gasteiger partial charge in [0.05, 0.1) is 0 Å². The van der Waals surface area contributed by atoms with Gasteiger partial charge in [-0.3, -0.25) is 4.79 Å². The number of carbonyl (C=O) groups excluding carboxylic acids is 1. The number of hydrogen-bond acceptors (Lipinski definition) is 2. The van der Waals surface area contributed by atoms with Crippen LogP contribution in [-0.4, -0.2) is 18.5 Å². The van der Waals surface area contributed by atoms with E-state index >= 15 is 0 Å². The third-order valence-electron chi connectivity index (χ3n) is 3.07. The summed E-state index contributed by atoms with van der Waals surface area (Å²) in [5.74, 6) is 0.197. The number of nitrogens with zero attached hydrogens (tertiary/aromatic N) is 1. The molecule has 1 aliphatic heterocycles. The number of amides is 1. The second-order valence-corrected chi connectivity index (χ2v) is 4.34. The monoisotopic (exact) mass is 218 g/mol. The molecule has 0 fully saturated rings. The third-order valence-corrected chi connectivity index (χ3v) is 3.07. The predicted octanol–water partition coefficient (Wildman–Crippen LogP) is 1.70. The molecule has 1 aromatic carbocycles. The first-order valence-corrected chi connectivity index (χ1v) is 5.84. The summed E-state index contributed by atoms with van der Waals surface area (Å²) in [5, 5.41) is 0. The second kappa shape index (κ2) is 4.66. The molecule has 86 valence electrons. The summed E-state index contributed by atoms with van der Waals surface area (Å²) in [6, 6.07) is 8.42. The summed E-state index contributed by atoms with van der Waals surface area (Å²) in [7, 11) is 0. The van der Waals surface area contributed by atoms with E-state index in [1.807, 2.05) is 23.1 Å². The Hall–Kier alpha value is -1.35. The molecule has 1 aromatic rings. The molecule has 16 heavy (non-hydrogen) atoms. The zero-order valence-electron chi connectivity index (χ0n) is 9.65. The summed E-state index contributed by atoms with van der Waals surface area (Å²) < 4.78 is 0. The molecule has 1 amide bonds. The van der Waals surface area contributed by atoms with E-state index in [9.17, 15) is 4.79 Å². The van der Waals surface area contributed by atoms with Crippen molar-refractivity contribution in [1.29, 1.82) is 0 Å². The fourth-order valence-corrected chi connectivity index (χ4v) is 2.32. The molecule has 0 saturated carbocycles. The van der Waals surface area contributed by atoms with E-state index in [1.54, 1.807) is 0 Å². The number of nitrogens with two attached hydrogens (primary N) is 1. The largest absolute Gasteiger partial charge is 0.330 e. The lowest BCUT2D eigenvalue weighted by Crippen LogP contribution is -2.35. The molecule has 0 saturated heterocycles. The lowest BCUT2D eigenvalue weighted by molar-refractivity contribution is -0.118. The van der Waals surface area contributed by atoms with Gasteiger partial charge in [-0.25, -0.2) is 0 Å². The van der Waals surface area contributed by atoms with Gasteiger partial charge >= 0.3 is 0 Å². The highest BCUT2D eigenvalue weighted by molar-refractivity contribution is 5.96. The van der Waals surface area contributed by atoms with Gasteiger partial charge in [-0.05, 0) is 37.9 Å². The van der Waals surface area contributed by atoms with Crippen LogP contribution in [0.2, 0.25) is 0 Å². The maximum absolute atomic E-state index is 12.0. The first-order chi connectivity index (χ1) is 7.74. The smallest absolute Gasteiger partial charge is 0.227 e. The summed E-state index contributed by atoms with van der Waals surface area (Å²) in [6.07, 6.45) is 2.28. The maximum Gasteiger partial charge on any atom is 0.227 e. The number of anilines is 1. The zero-order valence-corrected chi connectivity index (χ0v) is 9.65. The summed E-state index contributed by atoms with van der Waals surface area (Å²) in [6.45, 7) is 2.68. The Morgan fingerprint density at radius 1 is 1.50 bits per heavy atom. The Bertz CT molecular complexity index is 389. The summed E-state index contributed by atoms with van der Waals surface area (Å²) in [5.41, 5.74) is 7.79. The zero-order chi connectivity index (χ0) is 11.5. The van der Waals surface area contributed by atoms with E-state index in [2.05, 4.69) is 13.0 Å². The average Bonchev–Trinajstić information content (AvgIpc) is 2.62. The van der Waals surface area contributed by atoms with Crippen LogP contribution in [0.5, 0.6) is 0 Å². The molecule has 0 spiro atoms. The van der Waals surface area contributed by atoms with Crippen molar-refractivity contribution < 1.29 is 4.79 Å². The molecule has 1 atom stereocenters. The molecular weight excluding hydrogens is 200 g/mol. The molecule has 3 nitrogen and oxygen atoms in total. The number of rotatable bonds is 3. The van der Waals surface area contributed by atoms with E-state index in [-0.39, 0.29) is 11.9 Å². The first kappa shape index (κ1) is 11.1. The van der Waals surface area contributed by atoms with Gasteiger partial charge < -0.3 is 10.6 Å². The van der Waals surface area contributed by atoms with E-state index in [4.69, 9.17) is 5.73 Å². The quantitative estimate of drug-likeness (QED) is 0.839. The minimum atomic E-state index is 0.197. The standard InChI is InChI=1S/C13H18N2O/c1-10-9-11-5-2-3-6-12(11)15(10)13(16)7-4-8-14/h2-3,5-6,10H,4,7-9,14H2,1H3. The van der Waals surface area contributed by atoms with Crippen molar-refractivity contribution in [1.82, 2.24) is 0 Å². The van der Waals surface area contributed by atoms with E-state index < -0.39 is 0 Å². The van der Waals surface area contributed by atoms with Gasteiger partial charge in [0.1, 0.15) is 0 Å². The highest BCUT2D eigenvalue weighted by atomic mass is 16.2. The van der Waals surface area contributed by atoms with Crippen LogP contribution in [0.25, 0.3) is 0 Å². The van der Waals surface area contributed by atoms with E-state index in [0.29, 0.717) is 13.0 Å². The normalized spacial score (nSPS) is 18.6. The first-order valence-electron chi connectivity index (χ1n) is 5.84. The van der Waals surface area contributed by atoms with Crippen molar-refractivity contribution in [3.05, 3.63) is 29.8 Å². The molecule has 1 unspecified atom stereocenters. The molecule has 3 heteroatoms. The van der Waals surface area contributed by atoms with Crippen LogP contribution in [0.3, 0.4) is 0 Å². The van der Waals surface area contributed by atoms with E-state index in [0.717, 1.165) is 18.5 Å². The molecule has 0 radical (unpaired) electrons. The number of para-hydroxylation sites is 1. The van der Waals surface area contributed by atoms with Crippen molar-refractivity contribution in [2.75, 3.05) is 11.4 Å². The molecule has 0 aromatic heterocycles.